The fourth-order valence-electron chi connectivity index (χ4n) is 1.29. The number of aliphatic hydroxyl groups is 1. The van der Waals surface area contributed by atoms with Gasteiger partial charge in [0.15, 0.2) is 0 Å². The average Bonchev–Trinajstić information content (AvgIpc) is 2.16. The van der Waals surface area contributed by atoms with Crippen LogP contribution in [0.25, 0.3) is 0 Å². The second-order valence-corrected chi connectivity index (χ2v) is 3.29. The molecule has 0 radical (unpaired) electrons. The maximum Gasteiger partial charge on any atom is 0.422 e. The van der Waals surface area contributed by atoms with Crippen molar-refractivity contribution in [2.45, 2.75) is 24.7 Å². The molecule has 1 aromatic rings. The highest BCUT2D eigenvalue weighted by atomic mass is 19.4. The Morgan fingerprint density at radius 2 is 1.80 bits per heavy atom. The fraction of sp³-hybridized carbons (Fsp3) is 0.444. The highest BCUT2D eigenvalue weighted by Crippen LogP contribution is 2.40. The third kappa shape index (κ3) is 1.95. The van der Waals surface area contributed by atoms with E-state index in [4.69, 9.17) is 5.73 Å². The van der Waals surface area contributed by atoms with Gasteiger partial charge in [0, 0.05) is 18.4 Å². The zero-order valence-corrected chi connectivity index (χ0v) is 7.99. The van der Waals surface area contributed by atoms with Crippen molar-refractivity contribution in [2.75, 3.05) is 0 Å². The lowest BCUT2D eigenvalue weighted by molar-refractivity contribution is -0.272. The first-order valence-corrected chi connectivity index (χ1v) is 4.25. The van der Waals surface area contributed by atoms with E-state index in [0.29, 0.717) is 0 Å². The Kier molecular flexibility index (Phi) is 3.01. The standard InChI is InChI=1S/C9H11F3N2O/c1-6(13)8(15,9(10,11)12)7-2-4-14-5-3-7/h2-6,15H,13H2,1H3. The Hall–Kier alpha value is -1.14. The van der Waals surface area contributed by atoms with Crippen molar-refractivity contribution >= 4 is 0 Å². The lowest BCUT2D eigenvalue weighted by atomic mass is 9.87. The van der Waals surface area contributed by atoms with Crippen LogP contribution in [0.3, 0.4) is 0 Å². The molecule has 0 fully saturated rings. The van der Waals surface area contributed by atoms with Crippen LogP contribution in [-0.4, -0.2) is 22.3 Å². The SMILES string of the molecule is CC(N)C(O)(c1ccncc1)C(F)(F)F. The van der Waals surface area contributed by atoms with E-state index < -0.39 is 17.8 Å². The number of alkyl halides is 3. The van der Waals surface area contributed by atoms with E-state index >= 15 is 0 Å². The molecule has 0 saturated heterocycles. The van der Waals surface area contributed by atoms with Crippen molar-refractivity contribution in [3.8, 4) is 0 Å². The van der Waals surface area contributed by atoms with E-state index in [9.17, 15) is 18.3 Å². The summed E-state index contributed by atoms with van der Waals surface area (Å²) in [5, 5.41) is 9.62. The largest absolute Gasteiger partial charge is 0.422 e. The molecule has 1 aromatic heterocycles. The third-order valence-corrected chi connectivity index (χ3v) is 2.21. The van der Waals surface area contributed by atoms with Crippen LogP contribution in [-0.2, 0) is 5.60 Å². The molecule has 6 heteroatoms. The van der Waals surface area contributed by atoms with Gasteiger partial charge in [0.2, 0.25) is 5.60 Å². The van der Waals surface area contributed by atoms with E-state index in [0.717, 1.165) is 19.1 Å². The van der Waals surface area contributed by atoms with Gasteiger partial charge in [-0.2, -0.15) is 13.2 Å². The van der Waals surface area contributed by atoms with Crippen molar-refractivity contribution in [2.24, 2.45) is 5.73 Å². The Bertz CT molecular complexity index is 326. The number of rotatable bonds is 2. The molecule has 0 amide bonds. The fourth-order valence-corrected chi connectivity index (χ4v) is 1.29. The maximum absolute atomic E-state index is 12.7. The number of nitrogens with two attached hydrogens (primary N) is 1. The molecule has 15 heavy (non-hydrogen) atoms. The molecular formula is C9H11F3N2O. The Balaban J connectivity index is 3.26. The third-order valence-electron chi connectivity index (χ3n) is 2.21. The molecule has 0 aliphatic carbocycles. The molecule has 0 saturated carbocycles. The minimum absolute atomic E-state index is 0.306. The molecule has 2 unspecified atom stereocenters. The summed E-state index contributed by atoms with van der Waals surface area (Å²) in [5.41, 5.74) is 1.86. The molecular weight excluding hydrogens is 209 g/mol. The van der Waals surface area contributed by atoms with Crippen LogP contribution in [0, 0.1) is 0 Å². The Labute approximate surface area is 84.7 Å². The van der Waals surface area contributed by atoms with Crippen LogP contribution in [0.2, 0.25) is 0 Å². The number of nitrogens with zero attached hydrogens (tertiary/aromatic N) is 1. The van der Waals surface area contributed by atoms with Gasteiger partial charge in [-0.25, -0.2) is 0 Å². The summed E-state index contributed by atoms with van der Waals surface area (Å²) >= 11 is 0. The van der Waals surface area contributed by atoms with E-state index in [1.54, 1.807) is 0 Å². The number of pyridine rings is 1. The summed E-state index contributed by atoms with van der Waals surface area (Å²) in [6.45, 7) is 1.11. The van der Waals surface area contributed by atoms with E-state index in [1.165, 1.54) is 12.4 Å². The van der Waals surface area contributed by atoms with Crippen LogP contribution in [0.15, 0.2) is 24.5 Å². The molecule has 3 nitrogen and oxygen atoms in total. The first-order chi connectivity index (χ1) is 6.80. The van der Waals surface area contributed by atoms with Crippen molar-refractivity contribution in [3.63, 3.8) is 0 Å². The summed E-state index contributed by atoms with van der Waals surface area (Å²) in [6.07, 6.45) is -2.47. The van der Waals surface area contributed by atoms with Gasteiger partial charge in [0.1, 0.15) is 0 Å². The smallest absolute Gasteiger partial charge is 0.375 e. The van der Waals surface area contributed by atoms with Gasteiger partial charge in [0.05, 0.1) is 0 Å². The highest BCUT2D eigenvalue weighted by molar-refractivity contribution is 5.23. The molecule has 3 N–H and O–H groups in total. The minimum atomic E-state index is -4.82. The maximum atomic E-state index is 12.7. The Morgan fingerprint density at radius 3 is 2.13 bits per heavy atom. The van der Waals surface area contributed by atoms with E-state index in [-0.39, 0.29) is 5.56 Å². The van der Waals surface area contributed by atoms with Gasteiger partial charge in [0.25, 0.3) is 0 Å². The average molecular weight is 220 g/mol. The second-order valence-electron chi connectivity index (χ2n) is 3.29. The van der Waals surface area contributed by atoms with Gasteiger partial charge in [-0.15, -0.1) is 0 Å². The summed E-state index contributed by atoms with van der Waals surface area (Å²) < 4.78 is 38.1. The molecule has 1 heterocycles. The normalized spacial score (nSPS) is 18.3. The quantitative estimate of drug-likeness (QED) is 0.786. The summed E-state index contributed by atoms with van der Waals surface area (Å²) in [6, 6.07) is 0.730. The number of hydrogen-bond donors (Lipinski definition) is 2. The summed E-state index contributed by atoms with van der Waals surface area (Å²) in [7, 11) is 0. The zero-order valence-electron chi connectivity index (χ0n) is 7.99. The Morgan fingerprint density at radius 1 is 1.33 bits per heavy atom. The van der Waals surface area contributed by atoms with Gasteiger partial charge in [-0.05, 0) is 24.6 Å². The predicted molar refractivity (Wildman–Crippen MR) is 47.8 cm³/mol. The molecule has 0 aliphatic heterocycles. The molecule has 0 aliphatic rings. The summed E-state index contributed by atoms with van der Waals surface area (Å²) in [4.78, 5) is 3.58. The van der Waals surface area contributed by atoms with E-state index in [2.05, 4.69) is 4.98 Å². The molecule has 0 spiro atoms. The zero-order chi connectivity index (χ0) is 11.7. The number of halogens is 3. The molecule has 2 atom stereocenters. The lowest BCUT2D eigenvalue weighted by Gasteiger charge is -2.34. The van der Waals surface area contributed by atoms with E-state index in [1.807, 2.05) is 0 Å². The van der Waals surface area contributed by atoms with Gasteiger partial charge >= 0.3 is 6.18 Å². The minimum Gasteiger partial charge on any atom is -0.375 e. The van der Waals surface area contributed by atoms with Crippen molar-refractivity contribution in [3.05, 3.63) is 30.1 Å². The predicted octanol–water partition coefficient (Wildman–Crippen LogP) is 1.18. The van der Waals surface area contributed by atoms with Gasteiger partial charge in [-0.1, -0.05) is 0 Å². The van der Waals surface area contributed by atoms with Crippen LogP contribution in [0.1, 0.15) is 12.5 Å². The van der Waals surface area contributed by atoms with Crippen molar-refractivity contribution < 1.29 is 18.3 Å². The number of aromatic nitrogens is 1. The first kappa shape index (κ1) is 11.9. The topological polar surface area (TPSA) is 59.1 Å². The van der Waals surface area contributed by atoms with Crippen LogP contribution >= 0.6 is 0 Å². The molecule has 84 valence electrons. The van der Waals surface area contributed by atoms with Crippen LogP contribution in [0.4, 0.5) is 13.2 Å². The first-order valence-electron chi connectivity index (χ1n) is 4.25. The van der Waals surface area contributed by atoms with Crippen LogP contribution < -0.4 is 5.73 Å². The van der Waals surface area contributed by atoms with Crippen molar-refractivity contribution in [1.82, 2.24) is 4.98 Å². The molecule has 1 rings (SSSR count). The summed E-state index contributed by atoms with van der Waals surface area (Å²) in [5.74, 6) is 0. The molecule has 0 aromatic carbocycles. The monoisotopic (exact) mass is 220 g/mol. The second kappa shape index (κ2) is 3.79. The van der Waals surface area contributed by atoms with Gasteiger partial charge < -0.3 is 10.8 Å². The van der Waals surface area contributed by atoms with Gasteiger partial charge in [-0.3, -0.25) is 4.98 Å². The number of hydrogen-bond acceptors (Lipinski definition) is 3. The highest BCUT2D eigenvalue weighted by Gasteiger charge is 2.57. The van der Waals surface area contributed by atoms with Crippen molar-refractivity contribution in [1.29, 1.82) is 0 Å². The molecule has 0 bridgehead atoms. The lowest BCUT2D eigenvalue weighted by Crippen LogP contribution is -2.54. The van der Waals surface area contributed by atoms with Crippen LogP contribution in [0.5, 0.6) is 0 Å².